The summed E-state index contributed by atoms with van der Waals surface area (Å²) in [6.45, 7) is 9.73. The van der Waals surface area contributed by atoms with Crippen molar-refractivity contribution in [2.24, 2.45) is 0 Å². The van der Waals surface area contributed by atoms with E-state index in [0.29, 0.717) is 6.04 Å². The van der Waals surface area contributed by atoms with Gasteiger partial charge >= 0.3 is 0 Å². The van der Waals surface area contributed by atoms with Crippen LogP contribution in [0, 0.1) is 0 Å². The highest BCUT2D eigenvalue weighted by Gasteiger charge is 2.46. The minimum absolute atomic E-state index is 0.171. The first kappa shape index (κ1) is 14.1. The molecule has 2 fully saturated rings. The van der Waals surface area contributed by atoms with Gasteiger partial charge in [0.25, 0.3) is 0 Å². The predicted molar refractivity (Wildman–Crippen MR) is 82.8 cm³/mol. The van der Waals surface area contributed by atoms with Gasteiger partial charge in [-0.15, -0.1) is 0 Å². The Hall–Kier alpha value is -0.860. The Morgan fingerprint density at radius 1 is 1.15 bits per heavy atom. The lowest BCUT2D eigenvalue weighted by Gasteiger charge is -2.26. The second-order valence-electron chi connectivity index (χ2n) is 7.82. The fraction of sp³-hybridized carbons (Fsp3) is 0.667. The summed E-state index contributed by atoms with van der Waals surface area (Å²) in [5, 5.41) is 11.0. The fourth-order valence-corrected chi connectivity index (χ4v) is 3.51. The van der Waals surface area contributed by atoms with Crippen molar-refractivity contribution in [1.29, 1.82) is 0 Å². The number of nitrogens with zero attached hydrogens (tertiary/aromatic N) is 1. The number of benzene rings is 1. The summed E-state index contributed by atoms with van der Waals surface area (Å²) in [4.78, 5) is 2.50. The molecular formula is C18H27NO. The summed E-state index contributed by atoms with van der Waals surface area (Å²) in [5.41, 5.74) is 1.93. The average molecular weight is 273 g/mol. The van der Waals surface area contributed by atoms with Gasteiger partial charge in [-0.2, -0.15) is 0 Å². The molecule has 2 heteroatoms. The molecule has 1 N–H and O–H groups in total. The molecule has 1 aliphatic heterocycles. The zero-order valence-electron chi connectivity index (χ0n) is 13.2. The van der Waals surface area contributed by atoms with E-state index >= 15 is 0 Å². The Labute approximate surface area is 122 Å². The molecule has 0 spiro atoms. The Kier molecular flexibility index (Phi) is 3.22. The first-order chi connectivity index (χ1) is 9.29. The molecule has 2 atom stereocenters. The molecule has 2 aliphatic rings. The summed E-state index contributed by atoms with van der Waals surface area (Å²) in [6, 6.07) is 9.84. The molecule has 0 radical (unpaired) electrons. The van der Waals surface area contributed by atoms with Crippen LogP contribution in [0.4, 0.5) is 0 Å². The molecule has 0 bridgehead atoms. The monoisotopic (exact) mass is 273 g/mol. The number of β-amino-alcohol motifs (C(OH)–C–C–N with tert-alkyl or cyclic N) is 1. The quantitative estimate of drug-likeness (QED) is 0.892. The number of hydrogen-bond donors (Lipinski definition) is 1. The Balaban J connectivity index is 1.81. The topological polar surface area (TPSA) is 23.5 Å². The van der Waals surface area contributed by atoms with Gasteiger partial charge in [-0.3, -0.25) is 4.90 Å². The lowest BCUT2D eigenvalue weighted by atomic mass is 9.84. The summed E-state index contributed by atoms with van der Waals surface area (Å²) in [5.74, 6) is 0. The molecule has 1 saturated heterocycles. The maximum Gasteiger partial charge on any atom is 0.104 e. The normalized spacial score (nSPS) is 31.8. The van der Waals surface area contributed by atoms with E-state index in [1.807, 2.05) is 0 Å². The van der Waals surface area contributed by atoms with Crippen molar-refractivity contribution in [3.63, 3.8) is 0 Å². The van der Waals surface area contributed by atoms with Gasteiger partial charge in [0.15, 0.2) is 0 Å². The third kappa shape index (κ3) is 2.51. The van der Waals surface area contributed by atoms with Gasteiger partial charge in [-0.25, -0.2) is 0 Å². The third-order valence-electron chi connectivity index (χ3n) is 4.95. The molecule has 2 nitrogen and oxygen atoms in total. The standard InChI is InChI=1S/C18H27NO/c1-13-11-18(20,12-19(13)16-9-10-16)15-7-5-14(6-8-15)17(2,3)4/h5-8,13,16,20H,9-12H2,1-4H3. The first-order valence-electron chi connectivity index (χ1n) is 7.89. The van der Waals surface area contributed by atoms with E-state index in [-0.39, 0.29) is 5.41 Å². The SMILES string of the molecule is CC1CC(O)(c2ccc(C(C)(C)C)cc2)CN1C1CC1. The molecule has 20 heavy (non-hydrogen) atoms. The third-order valence-corrected chi connectivity index (χ3v) is 4.95. The Bertz CT molecular complexity index is 483. The highest BCUT2D eigenvalue weighted by molar-refractivity contribution is 5.32. The lowest BCUT2D eigenvalue weighted by molar-refractivity contribution is 0.0451. The van der Waals surface area contributed by atoms with Crippen molar-refractivity contribution in [3.05, 3.63) is 35.4 Å². The maximum absolute atomic E-state index is 11.0. The second kappa shape index (κ2) is 4.57. The van der Waals surface area contributed by atoms with E-state index in [0.717, 1.165) is 24.6 Å². The second-order valence-corrected chi connectivity index (χ2v) is 7.82. The summed E-state index contributed by atoms with van der Waals surface area (Å²) < 4.78 is 0. The summed E-state index contributed by atoms with van der Waals surface area (Å²) in [7, 11) is 0. The molecule has 0 amide bonds. The van der Waals surface area contributed by atoms with Crippen LogP contribution in [0.3, 0.4) is 0 Å². The molecule has 110 valence electrons. The van der Waals surface area contributed by atoms with Gasteiger partial charge in [-0.05, 0) is 42.7 Å². The van der Waals surface area contributed by atoms with Crippen LogP contribution in [-0.2, 0) is 11.0 Å². The van der Waals surface area contributed by atoms with E-state index in [1.54, 1.807) is 0 Å². The molecule has 1 heterocycles. The molecule has 1 aromatic rings. The van der Waals surface area contributed by atoms with Crippen molar-refractivity contribution in [2.75, 3.05) is 6.54 Å². The van der Waals surface area contributed by atoms with Crippen LogP contribution >= 0.6 is 0 Å². The number of hydrogen-bond acceptors (Lipinski definition) is 2. The fourth-order valence-electron chi connectivity index (χ4n) is 3.51. The van der Waals surface area contributed by atoms with Crippen molar-refractivity contribution in [3.8, 4) is 0 Å². The first-order valence-corrected chi connectivity index (χ1v) is 7.89. The highest BCUT2D eigenvalue weighted by Crippen LogP contribution is 2.42. The predicted octanol–water partition coefficient (Wildman–Crippen LogP) is 3.43. The van der Waals surface area contributed by atoms with Crippen molar-refractivity contribution in [2.45, 2.75) is 70.1 Å². The van der Waals surface area contributed by atoms with E-state index in [9.17, 15) is 5.11 Å². The van der Waals surface area contributed by atoms with Crippen LogP contribution in [0.5, 0.6) is 0 Å². The summed E-state index contributed by atoms with van der Waals surface area (Å²) >= 11 is 0. The van der Waals surface area contributed by atoms with E-state index in [2.05, 4.69) is 56.9 Å². The molecule has 1 aliphatic carbocycles. The van der Waals surface area contributed by atoms with Gasteiger partial charge in [0, 0.05) is 18.6 Å². The number of likely N-dealkylation sites (tertiary alicyclic amines) is 1. The number of aliphatic hydroxyl groups is 1. The Morgan fingerprint density at radius 3 is 2.25 bits per heavy atom. The number of rotatable bonds is 2. The summed E-state index contributed by atoms with van der Waals surface area (Å²) in [6.07, 6.45) is 3.48. The van der Waals surface area contributed by atoms with E-state index in [4.69, 9.17) is 0 Å². The molecule has 1 saturated carbocycles. The van der Waals surface area contributed by atoms with Crippen LogP contribution in [0.1, 0.15) is 58.1 Å². The van der Waals surface area contributed by atoms with Gasteiger partial charge in [0.05, 0.1) is 0 Å². The van der Waals surface area contributed by atoms with Gasteiger partial charge < -0.3 is 5.11 Å². The van der Waals surface area contributed by atoms with Crippen molar-refractivity contribution in [1.82, 2.24) is 4.90 Å². The van der Waals surface area contributed by atoms with Gasteiger partial charge in [0.1, 0.15) is 5.60 Å². The molecule has 0 aromatic heterocycles. The maximum atomic E-state index is 11.0. The van der Waals surface area contributed by atoms with E-state index in [1.165, 1.54) is 18.4 Å². The van der Waals surface area contributed by atoms with Gasteiger partial charge in [-0.1, -0.05) is 45.0 Å². The zero-order valence-corrected chi connectivity index (χ0v) is 13.2. The van der Waals surface area contributed by atoms with Gasteiger partial charge in [0.2, 0.25) is 0 Å². The van der Waals surface area contributed by atoms with Crippen LogP contribution < -0.4 is 0 Å². The highest BCUT2D eigenvalue weighted by atomic mass is 16.3. The van der Waals surface area contributed by atoms with Crippen LogP contribution in [0.2, 0.25) is 0 Å². The van der Waals surface area contributed by atoms with Crippen LogP contribution in [-0.4, -0.2) is 28.6 Å². The smallest absolute Gasteiger partial charge is 0.104 e. The molecule has 2 unspecified atom stereocenters. The van der Waals surface area contributed by atoms with Crippen molar-refractivity contribution >= 4 is 0 Å². The lowest BCUT2D eigenvalue weighted by Crippen LogP contribution is -2.33. The molecule has 3 rings (SSSR count). The van der Waals surface area contributed by atoms with Crippen LogP contribution in [0.15, 0.2) is 24.3 Å². The van der Waals surface area contributed by atoms with Crippen LogP contribution in [0.25, 0.3) is 0 Å². The largest absolute Gasteiger partial charge is 0.384 e. The van der Waals surface area contributed by atoms with E-state index < -0.39 is 5.60 Å². The molecule has 1 aromatic carbocycles. The minimum Gasteiger partial charge on any atom is -0.384 e. The van der Waals surface area contributed by atoms with Crippen molar-refractivity contribution < 1.29 is 5.11 Å². The average Bonchev–Trinajstić information content (AvgIpc) is 3.15. The molecular weight excluding hydrogens is 246 g/mol. The Morgan fingerprint density at radius 2 is 1.75 bits per heavy atom. The minimum atomic E-state index is -0.654. The zero-order chi connectivity index (χ0) is 14.5.